The molecule has 0 unspecified atom stereocenters. The molecule has 0 fully saturated rings. The van der Waals surface area contributed by atoms with Crippen molar-refractivity contribution >= 4 is 32.6 Å². The summed E-state index contributed by atoms with van der Waals surface area (Å²) in [5.41, 5.74) is 8.85. The SMILES string of the molecule is c1ccc(-c2ccc(Cc3ccc4c5c6ccccc6ccc5n(-c5ccccc5)c4c3)cc2)cc1. The van der Waals surface area contributed by atoms with E-state index in [9.17, 15) is 0 Å². The van der Waals surface area contributed by atoms with Gasteiger partial charge in [0.25, 0.3) is 0 Å². The Kier molecular flexibility index (Phi) is 4.92. The number of fused-ring (bicyclic) bond motifs is 5. The molecule has 0 atom stereocenters. The van der Waals surface area contributed by atoms with Crippen molar-refractivity contribution in [2.75, 3.05) is 0 Å². The second-order valence-corrected chi connectivity index (χ2v) is 9.44. The maximum absolute atomic E-state index is 2.42. The quantitative estimate of drug-likeness (QED) is 0.247. The van der Waals surface area contributed by atoms with Gasteiger partial charge in [-0.2, -0.15) is 0 Å². The van der Waals surface area contributed by atoms with Gasteiger partial charge in [0.1, 0.15) is 0 Å². The van der Waals surface area contributed by atoms with E-state index >= 15 is 0 Å². The molecule has 0 N–H and O–H groups in total. The summed E-state index contributed by atoms with van der Waals surface area (Å²) < 4.78 is 2.42. The normalized spacial score (nSPS) is 11.4. The van der Waals surface area contributed by atoms with Crippen molar-refractivity contribution in [2.45, 2.75) is 6.42 Å². The van der Waals surface area contributed by atoms with Crippen molar-refractivity contribution in [3.05, 3.63) is 151 Å². The van der Waals surface area contributed by atoms with E-state index < -0.39 is 0 Å². The Bertz CT molecular complexity index is 1830. The highest BCUT2D eigenvalue weighted by atomic mass is 15.0. The molecule has 0 aliphatic heterocycles. The van der Waals surface area contributed by atoms with Crippen LogP contribution in [0.4, 0.5) is 0 Å². The molecule has 1 heterocycles. The zero-order valence-corrected chi connectivity index (χ0v) is 19.9. The third-order valence-corrected chi connectivity index (χ3v) is 7.20. The number of nitrogens with zero attached hydrogens (tertiary/aromatic N) is 1. The first-order valence-corrected chi connectivity index (χ1v) is 12.5. The molecular formula is C35H25N. The van der Waals surface area contributed by atoms with E-state index in [2.05, 4.69) is 144 Å². The Morgan fingerprint density at radius 2 is 1.11 bits per heavy atom. The molecule has 1 heteroatoms. The molecule has 0 aliphatic carbocycles. The third kappa shape index (κ3) is 3.49. The smallest absolute Gasteiger partial charge is 0.0547 e. The summed E-state index contributed by atoms with van der Waals surface area (Å²) >= 11 is 0. The summed E-state index contributed by atoms with van der Waals surface area (Å²) in [6.07, 6.45) is 0.905. The van der Waals surface area contributed by atoms with E-state index in [0.29, 0.717) is 0 Å². The standard InChI is InChI=1S/C35H25N/c1-3-9-27(10-4-1)28-18-15-25(16-19-28)23-26-17-21-32-34(24-26)36(30-12-5-2-6-13-30)33-22-20-29-11-7-8-14-31(29)35(32)33/h1-22,24H,23H2. The number of benzene rings is 6. The fraction of sp³-hybridized carbons (Fsp3) is 0.0286. The number of aromatic nitrogens is 1. The van der Waals surface area contributed by atoms with Crippen molar-refractivity contribution in [2.24, 2.45) is 0 Å². The van der Waals surface area contributed by atoms with Crippen LogP contribution in [0.15, 0.2) is 140 Å². The lowest BCUT2D eigenvalue weighted by molar-refractivity contribution is 1.16. The Hall–Kier alpha value is -4.62. The van der Waals surface area contributed by atoms with Gasteiger partial charge in [0.15, 0.2) is 0 Å². The van der Waals surface area contributed by atoms with Crippen LogP contribution >= 0.6 is 0 Å². The molecule has 0 saturated carbocycles. The number of rotatable bonds is 4. The molecule has 0 spiro atoms. The van der Waals surface area contributed by atoms with Crippen LogP contribution in [0.1, 0.15) is 11.1 Å². The summed E-state index contributed by atoms with van der Waals surface area (Å²) in [7, 11) is 0. The van der Waals surface area contributed by atoms with E-state index in [4.69, 9.17) is 0 Å². The molecule has 0 aliphatic rings. The van der Waals surface area contributed by atoms with Gasteiger partial charge in [0.2, 0.25) is 0 Å². The second-order valence-electron chi connectivity index (χ2n) is 9.44. The number of hydrogen-bond donors (Lipinski definition) is 0. The van der Waals surface area contributed by atoms with Gasteiger partial charge >= 0.3 is 0 Å². The van der Waals surface area contributed by atoms with Crippen LogP contribution < -0.4 is 0 Å². The molecule has 7 rings (SSSR count). The summed E-state index contributed by atoms with van der Waals surface area (Å²) in [4.78, 5) is 0. The molecule has 0 amide bonds. The minimum atomic E-state index is 0.905. The predicted octanol–water partition coefficient (Wildman–Crippen LogP) is 9.19. The van der Waals surface area contributed by atoms with Gasteiger partial charge in [0.05, 0.1) is 11.0 Å². The van der Waals surface area contributed by atoms with Crippen molar-refractivity contribution in [1.29, 1.82) is 0 Å². The fourth-order valence-corrected chi connectivity index (χ4v) is 5.48. The Morgan fingerprint density at radius 3 is 1.92 bits per heavy atom. The van der Waals surface area contributed by atoms with Gasteiger partial charge in [-0.1, -0.05) is 115 Å². The lowest BCUT2D eigenvalue weighted by Gasteiger charge is -2.09. The van der Waals surface area contributed by atoms with E-state index in [0.717, 1.165) is 6.42 Å². The first kappa shape index (κ1) is 20.7. The zero-order valence-electron chi connectivity index (χ0n) is 19.9. The lowest BCUT2D eigenvalue weighted by atomic mass is 9.99. The van der Waals surface area contributed by atoms with Crippen molar-refractivity contribution < 1.29 is 0 Å². The molecule has 0 saturated heterocycles. The van der Waals surface area contributed by atoms with Crippen LogP contribution in [0.5, 0.6) is 0 Å². The average Bonchev–Trinajstić information content (AvgIpc) is 3.28. The monoisotopic (exact) mass is 459 g/mol. The molecule has 1 aromatic heterocycles. The summed E-state index contributed by atoms with van der Waals surface area (Å²) in [6.45, 7) is 0. The largest absolute Gasteiger partial charge is 0.309 e. The number of para-hydroxylation sites is 1. The summed E-state index contributed by atoms with van der Waals surface area (Å²) in [5, 5.41) is 5.21. The highest BCUT2D eigenvalue weighted by Crippen LogP contribution is 2.37. The van der Waals surface area contributed by atoms with Crippen LogP contribution in [-0.4, -0.2) is 4.57 Å². The lowest BCUT2D eigenvalue weighted by Crippen LogP contribution is -1.94. The minimum Gasteiger partial charge on any atom is -0.309 e. The zero-order chi connectivity index (χ0) is 23.9. The third-order valence-electron chi connectivity index (χ3n) is 7.20. The molecule has 1 nitrogen and oxygen atoms in total. The predicted molar refractivity (Wildman–Crippen MR) is 153 cm³/mol. The molecule has 0 bridgehead atoms. The van der Waals surface area contributed by atoms with Gasteiger partial charge < -0.3 is 4.57 Å². The van der Waals surface area contributed by atoms with Crippen LogP contribution in [0.25, 0.3) is 49.4 Å². The number of hydrogen-bond acceptors (Lipinski definition) is 0. The summed E-state index contributed by atoms with van der Waals surface area (Å²) in [5.74, 6) is 0. The molecular weight excluding hydrogens is 434 g/mol. The molecule has 170 valence electrons. The van der Waals surface area contributed by atoms with E-state index in [1.165, 1.54) is 60.5 Å². The van der Waals surface area contributed by atoms with Gasteiger partial charge in [-0.25, -0.2) is 0 Å². The Labute approximate surface area is 210 Å². The first-order valence-electron chi connectivity index (χ1n) is 12.5. The minimum absolute atomic E-state index is 0.905. The van der Waals surface area contributed by atoms with Gasteiger partial charge in [-0.05, 0) is 63.7 Å². The van der Waals surface area contributed by atoms with Gasteiger partial charge in [-0.3, -0.25) is 0 Å². The molecule has 6 aromatic carbocycles. The van der Waals surface area contributed by atoms with Crippen molar-refractivity contribution in [3.8, 4) is 16.8 Å². The van der Waals surface area contributed by atoms with E-state index in [1.807, 2.05) is 0 Å². The van der Waals surface area contributed by atoms with Gasteiger partial charge in [0, 0.05) is 16.5 Å². The maximum atomic E-state index is 2.42. The highest BCUT2D eigenvalue weighted by molar-refractivity contribution is 6.21. The second kappa shape index (κ2) is 8.55. The topological polar surface area (TPSA) is 4.93 Å². The van der Waals surface area contributed by atoms with Crippen molar-refractivity contribution in [1.82, 2.24) is 4.57 Å². The highest BCUT2D eigenvalue weighted by Gasteiger charge is 2.15. The first-order chi connectivity index (χ1) is 17.8. The molecule has 36 heavy (non-hydrogen) atoms. The van der Waals surface area contributed by atoms with Crippen LogP contribution in [0, 0.1) is 0 Å². The maximum Gasteiger partial charge on any atom is 0.0547 e. The Balaban J connectivity index is 1.37. The molecule has 0 radical (unpaired) electrons. The molecule has 7 aromatic rings. The fourth-order valence-electron chi connectivity index (χ4n) is 5.48. The van der Waals surface area contributed by atoms with Crippen LogP contribution in [0.3, 0.4) is 0 Å². The van der Waals surface area contributed by atoms with Crippen molar-refractivity contribution in [3.63, 3.8) is 0 Å². The van der Waals surface area contributed by atoms with E-state index in [1.54, 1.807) is 0 Å². The van der Waals surface area contributed by atoms with E-state index in [-0.39, 0.29) is 0 Å². The Morgan fingerprint density at radius 1 is 0.444 bits per heavy atom. The van der Waals surface area contributed by atoms with Crippen LogP contribution in [-0.2, 0) is 6.42 Å². The van der Waals surface area contributed by atoms with Gasteiger partial charge in [-0.15, -0.1) is 0 Å². The van der Waals surface area contributed by atoms with Crippen LogP contribution in [0.2, 0.25) is 0 Å². The average molecular weight is 460 g/mol. The summed E-state index contributed by atoms with van der Waals surface area (Å²) in [6, 6.07) is 50.5.